The van der Waals surface area contributed by atoms with Gasteiger partial charge in [-0.1, -0.05) is 111 Å². The second-order valence-corrected chi connectivity index (χ2v) is 16.3. The fourth-order valence-corrected chi connectivity index (χ4v) is 9.36. The standard InChI is InChI=1S/C57H40N4O2.C2H6.C2H2/c1-36-9-4-3-5-11-42-12-7-15-51(56(42)62-35-36)60(43-25-17-38(33-58)18-26-43)49-31-23-40-22-30-48-50(32-24-41-21-29-47(49)53(40)54(41)48)61(44-27-19-39(34-59)20-28-44)52-16-8-14-46-45-13-6-10-37(2)55(45)63-57(46)52;2*1-2/h3,5-10,12-32H,4,11,35H2,1-2H3;1-2H3;1-2H/b5-3-,36-9-;;. The van der Waals surface area contributed by atoms with Gasteiger partial charge < -0.3 is 19.0 Å². The lowest BCUT2D eigenvalue weighted by Crippen LogP contribution is -2.14. The fraction of sp³-hybridized carbons (Fsp3) is 0.115. The van der Waals surface area contributed by atoms with Gasteiger partial charge >= 0.3 is 0 Å². The van der Waals surface area contributed by atoms with E-state index in [1.165, 1.54) is 5.57 Å². The lowest BCUT2D eigenvalue weighted by molar-refractivity contribution is 0.349. The van der Waals surface area contributed by atoms with Crippen LogP contribution in [0.2, 0.25) is 0 Å². The Labute approximate surface area is 391 Å². The summed E-state index contributed by atoms with van der Waals surface area (Å²) in [7, 11) is 0. The van der Waals surface area contributed by atoms with Crippen molar-refractivity contribution in [3.8, 4) is 30.7 Å². The Balaban J connectivity index is 0.00000137. The van der Waals surface area contributed by atoms with Crippen LogP contribution < -0.4 is 14.5 Å². The molecule has 0 radical (unpaired) electrons. The van der Waals surface area contributed by atoms with E-state index in [0.717, 1.165) is 118 Å². The molecule has 0 saturated carbocycles. The fourth-order valence-electron chi connectivity index (χ4n) is 9.36. The Bertz CT molecular complexity index is 3620. The molecule has 6 nitrogen and oxygen atoms in total. The first-order chi connectivity index (χ1) is 33.0. The van der Waals surface area contributed by atoms with Crippen LogP contribution in [0.5, 0.6) is 5.75 Å². The van der Waals surface area contributed by atoms with Crippen molar-refractivity contribution < 1.29 is 9.15 Å². The van der Waals surface area contributed by atoms with E-state index in [4.69, 9.17) is 9.15 Å². The molecule has 0 fully saturated rings. The number of benzene rings is 9. The van der Waals surface area contributed by atoms with E-state index in [2.05, 4.69) is 170 Å². The van der Waals surface area contributed by atoms with Crippen molar-refractivity contribution in [1.82, 2.24) is 0 Å². The number of hydrogen-bond acceptors (Lipinski definition) is 6. The summed E-state index contributed by atoms with van der Waals surface area (Å²) in [5, 5.41) is 28.4. The number of ether oxygens (including phenoxy) is 1. The van der Waals surface area contributed by atoms with Crippen LogP contribution in [0.1, 0.15) is 49.4 Å². The van der Waals surface area contributed by atoms with Gasteiger partial charge in [0.05, 0.1) is 46.0 Å². The van der Waals surface area contributed by atoms with Gasteiger partial charge in [0.15, 0.2) is 5.58 Å². The zero-order valence-corrected chi connectivity index (χ0v) is 38.0. The maximum absolute atomic E-state index is 9.80. The molecule has 1 aliphatic rings. The zero-order chi connectivity index (χ0) is 46.6. The first-order valence-electron chi connectivity index (χ1n) is 22.6. The molecule has 6 heteroatoms. The van der Waals surface area contributed by atoms with E-state index in [-0.39, 0.29) is 0 Å². The lowest BCUT2D eigenvalue weighted by Gasteiger charge is -2.31. The van der Waals surface area contributed by atoms with Crippen LogP contribution in [0.15, 0.2) is 180 Å². The number of nitriles is 2. The van der Waals surface area contributed by atoms with Crippen LogP contribution in [0.4, 0.5) is 34.1 Å². The number of hydrogen-bond donors (Lipinski definition) is 0. The van der Waals surface area contributed by atoms with Gasteiger partial charge in [-0.25, -0.2) is 0 Å². The smallest absolute Gasteiger partial charge is 0.159 e. The Morgan fingerprint density at radius 2 is 1.04 bits per heavy atom. The average molecular weight is 869 g/mol. The minimum Gasteiger partial charge on any atom is -0.487 e. The second kappa shape index (κ2) is 18.8. The van der Waals surface area contributed by atoms with E-state index < -0.39 is 0 Å². The quantitative estimate of drug-likeness (QED) is 0.0941. The summed E-state index contributed by atoms with van der Waals surface area (Å²) in [6, 6.07) is 57.0. The van der Waals surface area contributed by atoms with Gasteiger partial charge in [-0.15, -0.1) is 12.8 Å². The van der Waals surface area contributed by atoms with E-state index >= 15 is 0 Å². The maximum atomic E-state index is 9.80. The monoisotopic (exact) mass is 868 g/mol. The van der Waals surface area contributed by atoms with Crippen molar-refractivity contribution in [2.24, 2.45) is 0 Å². The predicted molar refractivity (Wildman–Crippen MR) is 279 cm³/mol. The van der Waals surface area contributed by atoms with Gasteiger partial charge in [-0.2, -0.15) is 10.5 Å². The molecule has 9 aromatic carbocycles. The van der Waals surface area contributed by atoms with Crippen molar-refractivity contribution in [2.45, 2.75) is 40.5 Å². The Morgan fingerprint density at radius 3 is 1.64 bits per heavy atom. The first kappa shape index (κ1) is 43.5. The van der Waals surface area contributed by atoms with Crippen LogP contribution in [0.25, 0.3) is 54.3 Å². The van der Waals surface area contributed by atoms with E-state index in [1.54, 1.807) is 0 Å². The van der Waals surface area contributed by atoms with E-state index in [1.807, 2.05) is 62.4 Å². The molecule has 0 bridgehead atoms. The van der Waals surface area contributed by atoms with Gasteiger partial charge in [0, 0.05) is 38.5 Å². The molecular weight excluding hydrogens is 821 g/mol. The molecule has 0 amide bonds. The molecule has 0 atom stereocenters. The lowest BCUT2D eigenvalue weighted by atomic mass is 9.91. The van der Waals surface area contributed by atoms with Gasteiger partial charge in [0.1, 0.15) is 17.9 Å². The topological polar surface area (TPSA) is 76.4 Å². The second-order valence-electron chi connectivity index (χ2n) is 16.3. The summed E-state index contributed by atoms with van der Waals surface area (Å²) < 4.78 is 13.6. The molecule has 0 aliphatic carbocycles. The number of fused-ring (bicyclic) bond motifs is 4. The molecule has 2 heterocycles. The molecule has 11 rings (SSSR count). The summed E-state index contributed by atoms with van der Waals surface area (Å²) in [4.78, 5) is 4.56. The van der Waals surface area contributed by atoms with Crippen LogP contribution in [-0.4, -0.2) is 6.61 Å². The van der Waals surface area contributed by atoms with Crippen LogP contribution >= 0.6 is 0 Å². The third-order valence-electron chi connectivity index (χ3n) is 12.4. The summed E-state index contributed by atoms with van der Waals surface area (Å²) in [6.07, 6.45) is 16.3. The van der Waals surface area contributed by atoms with Crippen molar-refractivity contribution in [3.63, 3.8) is 0 Å². The molecular formula is C61H48N4O2. The number of furan rings is 1. The highest BCUT2D eigenvalue weighted by molar-refractivity contribution is 6.28. The third kappa shape index (κ3) is 7.74. The Hall–Kier alpha value is -8.76. The van der Waals surface area contributed by atoms with Crippen LogP contribution in [-0.2, 0) is 6.42 Å². The number of anilines is 6. The maximum Gasteiger partial charge on any atom is 0.159 e. The molecule has 0 saturated heterocycles. The van der Waals surface area contributed by atoms with Gasteiger partial charge in [0.25, 0.3) is 0 Å². The van der Waals surface area contributed by atoms with Crippen molar-refractivity contribution >= 4 is 88.4 Å². The van der Waals surface area contributed by atoms with Crippen molar-refractivity contribution in [3.05, 3.63) is 198 Å². The van der Waals surface area contributed by atoms with Crippen LogP contribution in [0, 0.1) is 42.4 Å². The van der Waals surface area contributed by atoms with E-state index in [9.17, 15) is 10.5 Å². The van der Waals surface area contributed by atoms with E-state index in [0.29, 0.717) is 17.7 Å². The minimum atomic E-state index is 0.484. The highest BCUT2D eigenvalue weighted by atomic mass is 16.5. The molecule has 324 valence electrons. The van der Waals surface area contributed by atoms with Crippen molar-refractivity contribution in [1.29, 1.82) is 10.5 Å². The number of allylic oxidation sites excluding steroid dienone is 3. The normalized spacial score (nSPS) is 13.5. The van der Waals surface area contributed by atoms with Gasteiger partial charge in [-0.05, 0) is 132 Å². The number of terminal acetylenes is 1. The highest BCUT2D eigenvalue weighted by Gasteiger charge is 2.26. The van der Waals surface area contributed by atoms with Crippen molar-refractivity contribution in [2.75, 3.05) is 16.4 Å². The molecule has 0 unspecified atom stereocenters. The molecule has 1 aromatic heterocycles. The number of aryl methyl sites for hydroxylation is 1. The summed E-state index contributed by atoms with van der Waals surface area (Å²) in [5.74, 6) is 0.835. The largest absolute Gasteiger partial charge is 0.487 e. The summed E-state index contributed by atoms with van der Waals surface area (Å²) >= 11 is 0. The molecule has 1 aliphatic heterocycles. The third-order valence-corrected chi connectivity index (χ3v) is 12.4. The Kier molecular flexibility index (Phi) is 12.2. The first-order valence-corrected chi connectivity index (χ1v) is 22.6. The zero-order valence-electron chi connectivity index (χ0n) is 38.0. The summed E-state index contributed by atoms with van der Waals surface area (Å²) in [6.45, 7) is 8.68. The van der Waals surface area contributed by atoms with Gasteiger partial charge in [0.2, 0.25) is 0 Å². The minimum absolute atomic E-state index is 0.484. The number of para-hydroxylation sites is 3. The average Bonchev–Trinajstić information content (AvgIpc) is 3.78. The highest BCUT2D eigenvalue weighted by Crippen LogP contribution is 2.50. The Morgan fingerprint density at radius 1 is 0.522 bits per heavy atom. The predicted octanol–water partition coefficient (Wildman–Crippen LogP) is 16.6. The number of rotatable bonds is 6. The van der Waals surface area contributed by atoms with Gasteiger partial charge in [-0.3, -0.25) is 0 Å². The molecule has 0 spiro atoms. The molecule has 0 N–H and O–H groups in total. The molecule has 67 heavy (non-hydrogen) atoms. The summed E-state index contributed by atoms with van der Waals surface area (Å²) in [5.41, 5.74) is 11.9. The van der Waals surface area contributed by atoms with Crippen LogP contribution in [0.3, 0.4) is 0 Å². The molecule has 10 aromatic rings. The SMILES string of the molecule is C#C.C/C1=C/C/C=C\Cc2cccc(N(c3ccc(C#N)cc3)c3ccc4ccc5c(N(c6ccc(C#N)cc6)c6cccc7c6oc6c(C)cccc67)ccc6ccc3c4c65)c2OC1.CC. The number of nitrogens with zero attached hydrogens (tertiary/aromatic N) is 4.